The molecular weight excluding hydrogens is 511 g/mol. The summed E-state index contributed by atoms with van der Waals surface area (Å²) in [4.78, 5) is 47.5. The van der Waals surface area contributed by atoms with Crippen molar-refractivity contribution < 1.29 is 18.8 Å². The number of hydrogen-bond acceptors (Lipinski definition) is 4. The lowest BCUT2D eigenvalue weighted by atomic mass is 9.85. The number of carbonyl (C=O) groups is 3. The molecule has 1 atom stereocenters. The molecule has 1 aliphatic heterocycles. The van der Waals surface area contributed by atoms with Gasteiger partial charge in [0.1, 0.15) is 5.82 Å². The molecule has 3 aromatic rings. The molecule has 1 aromatic heterocycles. The molecule has 212 valence electrons. The number of likely N-dealkylation sites (tertiary alicyclic amines) is 1. The van der Waals surface area contributed by atoms with Gasteiger partial charge < -0.3 is 20.6 Å². The summed E-state index contributed by atoms with van der Waals surface area (Å²) in [6, 6.07) is 11.3. The van der Waals surface area contributed by atoms with Gasteiger partial charge in [0.25, 0.3) is 5.91 Å². The maximum Gasteiger partial charge on any atom is 0.280 e. The first-order valence-electron chi connectivity index (χ1n) is 14.1. The number of rotatable bonds is 7. The molecule has 2 aromatic carbocycles. The van der Waals surface area contributed by atoms with Gasteiger partial charge in [-0.1, -0.05) is 6.07 Å². The fourth-order valence-electron chi connectivity index (χ4n) is 6.05. The predicted octanol–water partition coefficient (Wildman–Crippen LogP) is 3.56. The quantitative estimate of drug-likeness (QED) is 0.417. The third-order valence-corrected chi connectivity index (χ3v) is 8.04. The van der Waals surface area contributed by atoms with E-state index >= 15 is 0 Å². The van der Waals surface area contributed by atoms with Crippen molar-refractivity contribution in [3.63, 3.8) is 0 Å². The van der Waals surface area contributed by atoms with Crippen LogP contribution in [0.25, 0.3) is 11.0 Å². The number of halogens is 1. The van der Waals surface area contributed by atoms with E-state index in [0.29, 0.717) is 17.7 Å². The van der Waals surface area contributed by atoms with Crippen LogP contribution in [0.15, 0.2) is 47.5 Å². The van der Waals surface area contributed by atoms with Crippen molar-refractivity contribution in [3.05, 3.63) is 65.0 Å². The number of hydrogen-bond donors (Lipinski definition) is 3. The van der Waals surface area contributed by atoms with Crippen molar-refractivity contribution in [3.8, 4) is 0 Å². The monoisotopic (exact) mass is 548 g/mol. The van der Waals surface area contributed by atoms with Gasteiger partial charge in [-0.25, -0.2) is 4.39 Å². The van der Waals surface area contributed by atoms with Crippen LogP contribution < -0.4 is 16.7 Å². The number of primary amides is 1. The topological polar surface area (TPSA) is 126 Å². The van der Waals surface area contributed by atoms with E-state index in [1.54, 1.807) is 0 Å². The summed E-state index contributed by atoms with van der Waals surface area (Å²) >= 11 is 0. The van der Waals surface area contributed by atoms with Gasteiger partial charge in [0.15, 0.2) is 0 Å². The largest absolute Gasteiger partial charge is 0.368 e. The van der Waals surface area contributed by atoms with Gasteiger partial charge in [-0.3, -0.25) is 19.3 Å². The zero-order valence-electron chi connectivity index (χ0n) is 23.0. The van der Waals surface area contributed by atoms with Crippen LogP contribution in [0.2, 0.25) is 0 Å². The molecule has 40 heavy (non-hydrogen) atoms. The first kappa shape index (κ1) is 27.8. The van der Waals surface area contributed by atoms with E-state index in [4.69, 9.17) is 5.73 Å². The van der Waals surface area contributed by atoms with E-state index < -0.39 is 11.7 Å². The Labute approximate surface area is 232 Å². The average molecular weight is 549 g/mol. The highest BCUT2D eigenvalue weighted by Crippen LogP contribution is 2.34. The number of H-pyrrole nitrogens is 1. The lowest BCUT2D eigenvalue weighted by Crippen LogP contribution is -2.39. The first-order valence-corrected chi connectivity index (χ1v) is 14.1. The molecule has 9 nitrogen and oxygen atoms in total. The number of nitrogens with one attached hydrogen (secondary N) is 2. The van der Waals surface area contributed by atoms with Crippen LogP contribution in [-0.4, -0.2) is 50.8 Å². The minimum absolute atomic E-state index is 0.0389. The Bertz CT molecular complexity index is 1470. The number of amides is 3. The molecule has 1 saturated heterocycles. The van der Waals surface area contributed by atoms with Gasteiger partial charge in [-0.15, -0.1) is 0 Å². The molecule has 0 spiro atoms. The van der Waals surface area contributed by atoms with Crippen LogP contribution in [0.4, 0.5) is 4.39 Å². The van der Waals surface area contributed by atoms with E-state index in [1.807, 2.05) is 26.0 Å². The summed E-state index contributed by atoms with van der Waals surface area (Å²) in [7, 11) is 0. The first-order chi connectivity index (χ1) is 19.2. The minimum Gasteiger partial charge on any atom is -0.368 e. The van der Waals surface area contributed by atoms with E-state index in [-0.39, 0.29) is 35.9 Å². The molecule has 3 amide bonds. The summed E-state index contributed by atoms with van der Waals surface area (Å²) < 4.78 is 15.5. The normalized spacial score (nSPS) is 22.2. The summed E-state index contributed by atoms with van der Waals surface area (Å²) in [5.74, 6) is -1.13. The summed E-state index contributed by atoms with van der Waals surface area (Å²) in [6.45, 7) is 5.33. The fourth-order valence-corrected chi connectivity index (χ4v) is 6.05. The third-order valence-electron chi connectivity index (χ3n) is 8.04. The van der Waals surface area contributed by atoms with Crippen LogP contribution in [0, 0.1) is 11.7 Å². The zero-order valence-corrected chi connectivity index (χ0v) is 23.0. The smallest absolute Gasteiger partial charge is 0.280 e. The van der Waals surface area contributed by atoms with E-state index in [2.05, 4.69) is 30.8 Å². The van der Waals surface area contributed by atoms with Crippen molar-refractivity contribution in [2.45, 2.75) is 77.0 Å². The second-order valence-corrected chi connectivity index (χ2v) is 11.3. The van der Waals surface area contributed by atoms with Crippen molar-refractivity contribution in [1.82, 2.24) is 19.8 Å². The Morgan fingerprint density at radius 2 is 1.80 bits per heavy atom. The molecule has 1 aliphatic carbocycles. The highest BCUT2D eigenvalue weighted by molar-refractivity contribution is 5.95. The van der Waals surface area contributed by atoms with E-state index in [0.717, 1.165) is 61.7 Å². The summed E-state index contributed by atoms with van der Waals surface area (Å²) in [6.07, 6.45) is 4.71. The van der Waals surface area contributed by atoms with E-state index in [9.17, 15) is 18.8 Å². The van der Waals surface area contributed by atoms with Crippen molar-refractivity contribution in [2.75, 3.05) is 6.54 Å². The molecule has 5 rings (SSSR count). The highest BCUT2D eigenvalue weighted by Gasteiger charge is 2.30. The highest BCUT2D eigenvalue weighted by atomic mass is 19.1. The minimum atomic E-state index is -0.466. The summed E-state index contributed by atoms with van der Waals surface area (Å²) in [5.41, 5.74) is 9.14. The van der Waals surface area contributed by atoms with Gasteiger partial charge in [0.2, 0.25) is 17.4 Å². The predicted molar refractivity (Wildman–Crippen MR) is 149 cm³/mol. The average Bonchev–Trinajstić information content (AvgIpc) is 3.53. The number of aromatic nitrogens is 2. The Morgan fingerprint density at radius 1 is 1.07 bits per heavy atom. The number of carbonyl (C=O) groups excluding carboxylic acids is 3. The van der Waals surface area contributed by atoms with Crippen LogP contribution in [0.5, 0.6) is 0 Å². The van der Waals surface area contributed by atoms with Crippen molar-refractivity contribution in [2.24, 2.45) is 16.6 Å². The fraction of sp³-hybridized carbons (Fsp3) is 0.467. The maximum atomic E-state index is 13.4. The Hall–Kier alpha value is -3.79. The lowest BCUT2D eigenvalue weighted by Gasteiger charge is -2.29. The number of nitrogens with two attached hydrogens (primary N) is 1. The number of aromatic amines is 1. The Balaban J connectivity index is 1.49. The molecule has 0 bridgehead atoms. The lowest BCUT2D eigenvalue weighted by molar-refractivity contribution is -0.126. The molecule has 0 unspecified atom stereocenters. The van der Waals surface area contributed by atoms with Gasteiger partial charge in [-0.2, -0.15) is 4.99 Å². The molecule has 1 saturated carbocycles. The maximum absolute atomic E-state index is 13.4. The molecule has 0 radical (unpaired) electrons. The summed E-state index contributed by atoms with van der Waals surface area (Å²) in [5, 5.41) is 3.03. The molecule has 2 heterocycles. The molecule has 10 heteroatoms. The van der Waals surface area contributed by atoms with Gasteiger partial charge >= 0.3 is 0 Å². The van der Waals surface area contributed by atoms with Crippen LogP contribution in [0.3, 0.4) is 0 Å². The van der Waals surface area contributed by atoms with Crippen LogP contribution in [0.1, 0.15) is 74.3 Å². The Kier molecular flexibility index (Phi) is 8.16. The second-order valence-electron chi connectivity index (χ2n) is 11.3. The molecular formula is C30H37FN6O3. The number of fused-ring (bicyclic) bond motifs is 1. The van der Waals surface area contributed by atoms with Crippen LogP contribution in [-0.2, 0) is 16.1 Å². The number of nitrogens with zero attached hydrogens (tertiary/aromatic N) is 3. The van der Waals surface area contributed by atoms with Gasteiger partial charge in [-0.05, 0) is 101 Å². The number of benzene rings is 2. The van der Waals surface area contributed by atoms with Crippen molar-refractivity contribution >= 4 is 28.8 Å². The van der Waals surface area contributed by atoms with Crippen LogP contribution >= 0.6 is 0 Å². The second kappa shape index (κ2) is 11.8. The van der Waals surface area contributed by atoms with Crippen molar-refractivity contribution in [1.29, 1.82) is 0 Å². The van der Waals surface area contributed by atoms with Gasteiger partial charge in [0, 0.05) is 30.1 Å². The molecule has 2 aliphatic rings. The van der Waals surface area contributed by atoms with E-state index in [1.165, 1.54) is 24.3 Å². The molecule has 4 N–H and O–H groups in total. The SMILES string of the molecule is CC(C)NC(=O)C1CCC(n2/c(=N/C(=O)c3ccc(F)cc3)[nH]c3ccc(CN4CCC[C@@H]4C(N)=O)cc32)CC1. The molecule has 2 fully saturated rings. The third kappa shape index (κ3) is 6.01. The number of imidazole rings is 1. The zero-order chi connectivity index (χ0) is 28.4. The Morgan fingerprint density at radius 3 is 2.48 bits per heavy atom. The standard InChI is InChI=1S/C30H37FN6O3/c1-18(2)33-28(39)21-8-12-23(13-9-21)37-26-16-19(17-36-15-3-4-25(36)27(32)38)5-14-24(26)34-30(37)35-29(40)20-6-10-22(31)11-7-20/h5-7,10-11,14,16,18,21,23,25H,3-4,8-9,12-13,15,17H2,1-2H3,(H2,32,38)(H,33,39)(H,34,35,40)/t21?,23?,25-/m1/s1. The van der Waals surface area contributed by atoms with Gasteiger partial charge in [0.05, 0.1) is 17.1 Å².